The fourth-order valence-corrected chi connectivity index (χ4v) is 1.79. The maximum atomic E-state index is 10.4. The number of pyridine rings is 1. The summed E-state index contributed by atoms with van der Waals surface area (Å²) in [7, 11) is 1.84. The average Bonchev–Trinajstić information content (AvgIpc) is 2.15. The zero-order valence-corrected chi connectivity index (χ0v) is 9.93. The lowest BCUT2D eigenvalue weighted by Gasteiger charge is -2.17. The molecular formula is C9H11IN2O2. The molecule has 0 saturated heterocycles. The minimum Gasteiger partial charge on any atom is -0.481 e. The molecule has 0 unspecified atom stereocenters. The summed E-state index contributed by atoms with van der Waals surface area (Å²) < 4.78 is 1.03. The molecule has 5 heteroatoms. The molecule has 0 aliphatic heterocycles. The molecule has 0 aliphatic carbocycles. The molecule has 14 heavy (non-hydrogen) atoms. The molecule has 1 N–H and O–H groups in total. The van der Waals surface area contributed by atoms with Crippen LogP contribution in [-0.2, 0) is 4.79 Å². The van der Waals surface area contributed by atoms with Crippen molar-refractivity contribution in [3.05, 3.63) is 21.9 Å². The first-order valence-corrected chi connectivity index (χ1v) is 5.22. The van der Waals surface area contributed by atoms with Gasteiger partial charge in [-0.25, -0.2) is 4.98 Å². The first-order valence-electron chi connectivity index (χ1n) is 4.14. The zero-order chi connectivity index (χ0) is 10.6. The summed E-state index contributed by atoms with van der Waals surface area (Å²) in [4.78, 5) is 16.4. The van der Waals surface area contributed by atoms with E-state index in [0.717, 1.165) is 9.39 Å². The predicted molar refractivity (Wildman–Crippen MR) is 62.5 cm³/mol. The lowest BCUT2D eigenvalue weighted by molar-refractivity contribution is -0.136. The molecular weight excluding hydrogens is 295 g/mol. The van der Waals surface area contributed by atoms with Crippen LogP contribution >= 0.6 is 22.6 Å². The Morgan fingerprint density at radius 2 is 2.43 bits per heavy atom. The van der Waals surface area contributed by atoms with Gasteiger partial charge in [0, 0.05) is 19.8 Å². The van der Waals surface area contributed by atoms with E-state index < -0.39 is 5.97 Å². The molecule has 1 rings (SSSR count). The summed E-state index contributed by atoms with van der Waals surface area (Å²) in [5.41, 5.74) is 0. The van der Waals surface area contributed by atoms with Gasteiger partial charge < -0.3 is 10.0 Å². The highest BCUT2D eigenvalue weighted by Gasteiger charge is 2.07. The Labute approximate surface area is 96.1 Å². The quantitative estimate of drug-likeness (QED) is 0.859. The lowest BCUT2D eigenvalue weighted by Crippen LogP contribution is -2.22. The first-order chi connectivity index (χ1) is 6.61. The minimum absolute atomic E-state index is 0.128. The van der Waals surface area contributed by atoms with E-state index in [1.165, 1.54) is 0 Å². The second kappa shape index (κ2) is 5.14. The minimum atomic E-state index is -0.789. The van der Waals surface area contributed by atoms with Crippen LogP contribution in [0.15, 0.2) is 18.3 Å². The standard InChI is InChI=1S/C9H11IN2O2/c1-12(6-4-8(13)14)9-7(10)3-2-5-11-9/h2-3,5H,4,6H2,1H3,(H,13,14). The van der Waals surface area contributed by atoms with Crippen molar-refractivity contribution in [3.8, 4) is 0 Å². The van der Waals surface area contributed by atoms with E-state index in [4.69, 9.17) is 5.11 Å². The maximum absolute atomic E-state index is 10.4. The summed E-state index contributed by atoms with van der Waals surface area (Å²) in [6.07, 6.45) is 1.83. The van der Waals surface area contributed by atoms with E-state index >= 15 is 0 Å². The van der Waals surface area contributed by atoms with Crippen molar-refractivity contribution < 1.29 is 9.90 Å². The van der Waals surface area contributed by atoms with Gasteiger partial charge in [0.25, 0.3) is 0 Å². The van der Waals surface area contributed by atoms with Crippen molar-refractivity contribution in [2.75, 3.05) is 18.5 Å². The number of carboxylic acids is 1. The van der Waals surface area contributed by atoms with E-state index in [0.29, 0.717) is 6.54 Å². The van der Waals surface area contributed by atoms with Crippen LogP contribution in [-0.4, -0.2) is 29.7 Å². The van der Waals surface area contributed by atoms with Gasteiger partial charge in [-0.15, -0.1) is 0 Å². The number of aliphatic carboxylic acids is 1. The van der Waals surface area contributed by atoms with Gasteiger partial charge >= 0.3 is 5.97 Å². The SMILES string of the molecule is CN(CCC(=O)O)c1ncccc1I. The molecule has 0 bridgehead atoms. The van der Waals surface area contributed by atoms with Crippen molar-refractivity contribution in [1.29, 1.82) is 0 Å². The van der Waals surface area contributed by atoms with Gasteiger partial charge in [-0.1, -0.05) is 0 Å². The molecule has 1 aromatic heterocycles. The van der Waals surface area contributed by atoms with Crippen LogP contribution < -0.4 is 4.90 Å². The van der Waals surface area contributed by atoms with E-state index in [2.05, 4.69) is 27.6 Å². The zero-order valence-electron chi connectivity index (χ0n) is 7.77. The highest BCUT2D eigenvalue weighted by atomic mass is 127. The number of aromatic nitrogens is 1. The summed E-state index contributed by atoms with van der Waals surface area (Å²) in [6, 6.07) is 3.80. The number of carboxylic acid groups (broad SMARTS) is 1. The van der Waals surface area contributed by atoms with Crippen LogP contribution in [0.4, 0.5) is 5.82 Å². The summed E-state index contributed by atoms with van der Waals surface area (Å²) in [6.45, 7) is 0.475. The molecule has 0 saturated carbocycles. The van der Waals surface area contributed by atoms with E-state index in [9.17, 15) is 4.79 Å². The Bertz CT molecular complexity index is 330. The molecule has 0 aliphatic rings. The number of carbonyl (C=O) groups is 1. The Morgan fingerprint density at radius 3 is 3.00 bits per heavy atom. The smallest absolute Gasteiger partial charge is 0.305 e. The summed E-state index contributed by atoms with van der Waals surface area (Å²) >= 11 is 2.18. The molecule has 0 aromatic carbocycles. The number of anilines is 1. The number of hydrogen-bond donors (Lipinski definition) is 1. The fraction of sp³-hybridized carbons (Fsp3) is 0.333. The average molecular weight is 306 g/mol. The van der Waals surface area contributed by atoms with Crippen molar-refractivity contribution in [3.63, 3.8) is 0 Å². The van der Waals surface area contributed by atoms with Gasteiger partial charge in [0.05, 0.1) is 9.99 Å². The molecule has 0 amide bonds. The molecule has 0 atom stereocenters. The number of halogens is 1. The van der Waals surface area contributed by atoms with E-state index in [1.54, 1.807) is 6.20 Å². The molecule has 0 fully saturated rings. The van der Waals surface area contributed by atoms with Crippen LogP contribution in [0, 0.1) is 3.57 Å². The van der Waals surface area contributed by atoms with Crippen LogP contribution in [0.1, 0.15) is 6.42 Å². The largest absolute Gasteiger partial charge is 0.481 e. The third kappa shape index (κ3) is 3.13. The third-order valence-electron chi connectivity index (χ3n) is 1.76. The second-order valence-corrected chi connectivity index (χ2v) is 4.04. The van der Waals surface area contributed by atoms with Crippen molar-refractivity contribution >= 4 is 34.4 Å². The van der Waals surface area contributed by atoms with Gasteiger partial charge in [-0.3, -0.25) is 4.79 Å². The van der Waals surface area contributed by atoms with Crippen molar-refractivity contribution in [2.45, 2.75) is 6.42 Å². The van der Waals surface area contributed by atoms with Crippen molar-refractivity contribution in [2.24, 2.45) is 0 Å². The summed E-state index contributed by atoms with van der Waals surface area (Å²) in [5, 5.41) is 8.53. The number of nitrogens with zero attached hydrogens (tertiary/aromatic N) is 2. The van der Waals surface area contributed by atoms with Gasteiger partial charge in [0.1, 0.15) is 5.82 Å². The predicted octanol–water partition coefficient (Wildman–Crippen LogP) is 1.60. The molecule has 4 nitrogen and oxygen atoms in total. The van der Waals surface area contributed by atoms with Crippen LogP contribution in [0.2, 0.25) is 0 Å². The molecule has 0 spiro atoms. The molecule has 1 aromatic rings. The monoisotopic (exact) mass is 306 g/mol. The Kier molecular flexibility index (Phi) is 4.12. The molecule has 0 radical (unpaired) electrons. The van der Waals surface area contributed by atoms with E-state index in [1.807, 2.05) is 24.1 Å². The van der Waals surface area contributed by atoms with Crippen LogP contribution in [0.3, 0.4) is 0 Å². The van der Waals surface area contributed by atoms with Crippen LogP contribution in [0.25, 0.3) is 0 Å². The molecule has 1 heterocycles. The van der Waals surface area contributed by atoms with E-state index in [-0.39, 0.29) is 6.42 Å². The lowest BCUT2D eigenvalue weighted by atomic mass is 10.4. The molecule has 76 valence electrons. The second-order valence-electron chi connectivity index (χ2n) is 2.87. The van der Waals surface area contributed by atoms with Gasteiger partial charge in [0.2, 0.25) is 0 Å². The van der Waals surface area contributed by atoms with Gasteiger partial charge in [-0.05, 0) is 34.7 Å². The van der Waals surface area contributed by atoms with Crippen LogP contribution in [0.5, 0.6) is 0 Å². The van der Waals surface area contributed by atoms with Crippen molar-refractivity contribution in [1.82, 2.24) is 4.98 Å². The highest BCUT2D eigenvalue weighted by Crippen LogP contribution is 2.17. The topological polar surface area (TPSA) is 53.4 Å². The van der Waals surface area contributed by atoms with Gasteiger partial charge in [0.15, 0.2) is 0 Å². The maximum Gasteiger partial charge on any atom is 0.305 e. The van der Waals surface area contributed by atoms with Gasteiger partial charge in [-0.2, -0.15) is 0 Å². The Morgan fingerprint density at radius 1 is 1.71 bits per heavy atom. The Hall–Kier alpha value is -0.850. The Balaban J connectivity index is 2.65. The number of rotatable bonds is 4. The normalized spacial score (nSPS) is 9.86. The fourth-order valence-electron chi connectivity index (χ4n) is 1.03. The highest BCUT2D eigenvalue weighted by molar-refractivity contribution is 14.1. The summed E-state index contributed by atoms with van der Waals surface area (Å²) in [5.74, 6) is 0.0390. The third-order valence-corrected chi connectivity index (χ3v) is 2.60. The first kappa shape index (κ1) is 11.2. The number of hydrogen-bond acceptors (Lipinski definition) is 3.